The van der Waals surface area contributed by atoms with Gasteiger partial charge in [0.25, 0.3) is 0 Å². The number of aliphatic hydroxyl groups is 1. The minimum atomic E-state index is 0.325. The minimum absolute atomic E-state index is 0.325. The van der Waals surface area contributed by atoms with Crippen molar-refractivity contribution in [1.82, 2.24) is 10.2 Å². The Labute approximate surface area is 107 Å². The summed E-state index contributed by atoms with van der Waals surface area (Å²) in [6.45, 7) is 9.78. The van der Waals surface area contributed by atoms with Crippen LogP contribution in [0.5, 0.6) is 0 Å². The fraction of sp³-hybridized carbons (Fsp3) is 1.00. The normalized spacial score (nSPS) is 20.6. The van der Waals surface area contributed by atoms with Gasteiger partial charge in [-0.15, -0.1) is 0 Å². The van der Waals surface area contributed by atoms with Crippen LogP contribution in [0.2, 0.25) is 0 Å². The number of nitrogens with zero attached hydrogens (tertiary/aromatic N) is 1. The maximum Gasteiger partial charge on any atom is 0.0431 e. The highest BCUT2D eigenvalue weighted by molar-refractivity contribution is 4.79. The van der Waals surface area contributed by atoms with Crippen LogP contribution < -0.4 is 5.32 Å². The van der Waals surface area contributed by atoms with Gasteiger partial charge in [0, 0.05) is 12.6 Å². The smallest absolute Gasteiger partial charge is 0.0431 e. The van der Waals surface area contributed by atoms with Crippen LogP contribution in [0.3, 0.4) is 0 Å². The molecule has 3 nitrogen and oxygen atoms in total. The topological polar surface area (TPSA) is 35.5 Å². The van der Waals surface area contributed by atoms with Crippen molar-refractivity contribution in [1.29, 1.82) is 0 Å². The summed E-state index contributed by atoms with van der Waals surface area (Å²) in [6, 6.07) is 0.637. The zero-order valence-corrected chi connectivity index (χ0v) is 11.6. The standard InChI is InChI=1S/C14H30N2O/c1-3-9-16-10-6-14(7-11-16)13(2)15-8-4-5-12-17/h13-15,17H,3-12H2,1-2H3. The van der Waals surface area contributed by atoms with Crippen LogP contribution in [0.25, 0.3) is 0 Å². The summed E-state index contributed by atoms with van der Waals surface area (Å²) in [5, 5.41) is 12.3. The molecule has 1 aliphatic heterocycles. The molecule has 1 atom stereocenters. The second kappa shape index (κ2) is 8.90. The maximum atomic E-state index is 8.73. The van der Waals surface area contributed by atoms with Crippen LogP contribution in [0, 0.1) is 5.92 Å². The number of piperidine rings is 1. The Morgan fingerprint density at radius 1 is 1.29 bits per heavy atom. The Balaban J connectivity index is 2.10. The van der Waals surface area contributed by atoms with Crippen LogP contribution in [0.15, 0.2) is 0 Å². The predicted octanol–water partition coefficient (Wildman–Crippen LogP) is 1.86. The first-order chi connectivity index (χ1) is 8.27. The molecule has 0 saturated carbocycles. The number of rotatable bonds is 8. The molecule has 1 rings (SSSR count). The Bertz CT molecular complexity index is 179. The number of likely N-dealkylation sites (tertiary alicyclic amines) is 1. The summed E-state index contributed by atoms with van der Waals surface area (Å²) >= 11 is 0. The highest BCUT2D eigenvalue weighted by atomic mass is 16.2. The molecule has 1 unspecified atom stereocenters. The van der Waals surface area contributed by atoms with Crippen molar-refractivity contribution in [3.8, 4) is 0 Å². The Morgan fingerprint density at radius 3 is 2.59 bits per heavy atom. The fourth-order valence-electron chi connectivity index (χ4n) is 2.73. The SMILES string of the molecule is CCCN1CCC(C(C)NCCCCO)CC1. The Kier molecular flexibility index (Phi) is 7.82. The molecule has 1 fully saturated rings. The van der Waals surface area contributed by atoms with Gasteiger partial charge in [0.1, 0.15) is 0 Å². The first kappa shape index (κ1) is 14.9. The molecule has 0 amide bonds. The number of nitrogens with one attached hydrogen (secondary N) is 1. The first-order valence-corrected chi connectivity index (χ1v) is 7.34. The third kappa shape index (κ3) is 5.84. The van der Waals surface area contributed by atoms with E-state index in [0.29, 0.717) is 12.6 Å². The van der Waals surface area contributed by atoms with Crippen molar-refractivity contribution in [2.75, 3.05) is 32.8 Å². The number of hydrogen-bond donors (Lipinski definition) is 2. The van der Waals surface area contributed by atoms with Crippen molar-refractivity contribution in [3.05, 3.63) is 0 Å². The van der Waals surface area contributed by atoms with Gasteiger partial charge in [0.05, 0.1) is 0 Å². The van der Waals surface area contributed by atoms with E-state index in [0.717, 1.165) is 25.3 Å². The maximum absolute atomic E-state index is 8.73. The van der Waals surface area contributed by atoms with Crippen LogP contribution in [0.1, 0.15) is 46.0 Å². The molecule has 0 radical (unpaired) electrons. The van der Waals surface area contributed by atoms with Crippen molar-refractivity contribution in [3.63, 3.8) is 0 Å². The molecule has 0 spiro atoms. The van der Waals surface area contributed by atoms with E-state index in [1.165, 1.54) is 38.9 Å². The molecule has 2 N–H and O–H groups in total. The summed E-state index contributed by atoms with van der Waals surface area (Å²) in [5.74, 6) is 0.845. The van der Waals surface area contributed by atoms with E-state index in [1.54, 1.807) is 0 Å². The average Bonchev–Trinajstić information content (AvgIpc) is 2.36. The quantitative estimate of drug-likeness (QED) is 0.638. The Morgan fingerprint density at radius 2 is 2.00 bits per heavy atom. The molecule has 102 valence electrons. The lowest BCUT2D eigenvalue weighted by Gasteiger charge is -2.35. The van der Waals surface area contributed by atoms with Crippen LogP contribution in [-0.2, 0) is 0 Å². The van der Waals surface area contributed by atoms with Gasteiger partial charge in [-0.3, -0.25) is 0 Å². The average molecular weight is 242 g/mol. The minimum Gasteiger partial charge on any atom is -0.396 e. The lowest BCUT2D eigenvalue weighted by Crippen LogP contribution is -2.42. The number of unbranched alkanes of at least 4 members (excludes halogenated alkanes) is 1. The fourth-order valence-corrected chi connectivity index (χ4v) is 2.73. The number of hydrogen-bond acceptors (Lipinski definition) is 3. The molecule has 1 heterocycles. The van der Waals surface area contributed by atoms with E-state index in [4.69, 9.17) is 5.11 Å². The summed E-state index contributed by atoms with van der Waals surface area (Å²) in [4.78, 5) is 2.59. The van der Waals surface area contributed by atoms with Gasteiger partial charge >= 0.3 is 0 Å². The van der Waals surface area contributed by atoms with E-state index >= 15 is 0 Å². The van der Waals surface area contributed by atoms with Gasteiger partial charge in [-0.05, 0) is 71.1 Å². The molecule has 0 aromatic carbocycles. The van der Waals surface area contributed by atoms with Crippen molar-refractivity contribution in [2.24, 2.45) is 5.92 Å². The van der Waals surface area contributed by atoms with Gasteiger partial charge in [0.15, 0.2) is 0 Å². The molecule has 17 heavy (non-hydrogen) atoms. The second-order valence-corrected chi connectivity index (χ2v) is 5.35. The van der Waals surface area contributed by atoms with Gasteiger partial charge in [-0.25, -0.2) is 0 Å². The summed E-state index contributed by atoms with van der Waals surface area (Å²) < 4.78 is 0. The van der Waals surface area contributed by atoms with E-state index in [2.05, 4.69) is 24.1 Å². The van der Waals surface area contributed by atoms with Gasteiger partial charge < -0.3 is 15.3 Å². The van der Waals surface area contributed by atoms with Crippen LogP contribution in [-0.4, -0.2) is 48.8 Å². The van der Waals surface area contributed by atoms with Crippen molar-refractivity contribution in [2.45, 2.75) is 52.0 Å². The van der Waals surface area contributed by atoms with Crippen LogP contribution in [0.4, 0.5) is 0 Å². The monoisotopic (exact) mass is 242 g/mol. The Hall–Kier alpha value is -0.120. The molecule has 0 aromatic rings. The highest BCUT2D eigenvalue weighted by Gasteiger charge is 2.22. The molecular formula is C14H30N2O. The first-order valence-electron chi connectivity index (χ1n) is 7.34. The molecule has 1 aliphatic rings. The second-order valence-electron chi connectivity index (χ2n) is 5.35. The molecule has 3 heteroatoms. The summed E-state index contributed by atoms with van der Waals surface area (Å²) in [5.41, 5.74) is 0. The van der Waals surface area contributed by atoms with E-state index in [1.807, 2.05) is 0 Å². The van der Waals surface area contributed by atoms with E-state index < -0.39 is 0 Å². The third-order valence-corrected chi connectivity index (χ3v) is 3.93. The molecule has 0 bridgehead atoms. The number of aliphatic hydroxyl groups excluding tert-OH is 1. The predicted molar refractivity (Wildman–Crippen MR) is 73.2 cm³/mol. The van der Waals surface area contributed by atoms with Gasteiger partial charge in [0.2, 0.25) is 0 Å². The van der Waals surface area contributed by atoms with Crippen molar-refractivity contribution >= 4 is 0 Å². The molecule has 0 aliphatic carbocycles. The van der Waals surface area contributed by atoms with E-state index in [-0.39, 0.29) is 0 Å². The van der Waals surface area contributed by atoms with Gasteiger partial charge in [-0.2, -0.15) is 0 Å². The van der Waals surface area contributed by atoms with Crippen LogP contribution >= 0.6 is 0 Å². The summed E-state index contributed by atoms with van der Waals surface area (Å²) in [6.07, 6.45) is 5.98. The largest absolute Gasteiger partial charge is 0.396 e. The lowest BCUT2D eigenvalue weighted by atomic mass is 9.90. The van der Waals surface area contributed by atoms with Gasteiger partial charge in [-0.1, -0.05) is 6.92 Å². The molecule has 0 aromatic heterocycles. The lowest BCUT2D eigenvalue weighted by molar-refractivity contribution is 0.162. The highest BCUT2D eigenvalue weighted by Crippen LogP contribution is 2.20. The molecular weight excluding hydrogens is 212 g/mol. The summed E-state index contributed by atoms with van der Waals surface area (Å²) in [7, 11) is 0. The van der Waals surface area contributed by atoms with Crippen molar-refractivity contribution < 1.29 is 5.11 Å². The third-order valence-electron chi connectivity index (χ3n) is 3.93. The van der Waals surface area contributed by atoms with E-state index in [9.17, 15) is 0 Å². The zero-order chi connectivity index (χ0) is 12.5. The molecule has 1 saturated heterocycles. The zero-order valence-electron chi connectivity index (χ0n) is 11.6.